The van der Waals surface area contributed by atoms with Crippen LogP contribution in [0.1, 0.15) is 0 Å². The molecular formula is C12H10N4OS. The van der Waals surface area contributed by atoms with Crippen molar-refractivity contribution in [2.45, 2.75) is 0 Å². The maximum absolute atomic E-state index is 11.8. The van der Waals surface area contributed by atoms with Crippen LogP contribution in [0.4, 0.5) is 0 Å². The topological polar surface area (TPSA) is 68.9 Å². The predicted octanol–water partition coefficient (Wildman–Crippen LogP) is 2.08. The van der Waals surface area contributed by atoms with Crippen molar-refractivity contribution in [1.29, 1.82) is 5.41 Å². The second-order valence-corrected chi connectivity index (χ2v) is 4.24. The van der Waals surface area contributed by atoms with Crippen LogP contribution in [0.2, 0.25) is 0 Å². The van der Waals surface area contributed by atoms with E-state index in [2.05, 4.69) is 23.3 Å². The van der Waals surface area contributed by atoms with Gasteiger partial charge in [0.15, 0.2) is 11.0 Å². The fourth-order valence-corrected chi connectivity index (χ4v) is 1.97. The Morgan fingerprint density at radius 3 is 3.06 bits per heavy atom. The van der Waals surface area contributed by atoms with Crippen LogP contribution < -0.4 is 0 Å². The number of hydrogen-bond acceptors (Lipinski definition) is 4. The van der Waals surface area contributed by atoms with Crippen molar-refractivity contribution in [3.63, 3.8) is 0 Å². The molecule has 0 unspecified atom stereocenters. The first-order valence-corrected chi connectivity index (χ1v) is 5.92. The average Bonchev–Trinajstić information content (AvgIpc) is 2.80. The lowest BCUT2D eigenvalue weighted by molar-refractivity contribution is -0.114. The molecule has 0 bridgehead atoms. The van der Waals surface area contributed by atoms with Gasteiger partial charge in [-0.2, -0.15) is 15.1 Å². The van der Waals surface area contributed by atoms with E-state index >= 15 is 0 Å². The highest BCUT2D eigenvalue weighted by atomic mass is 32.2. The zero-order valence-electron chi connectivity index (χ0n) is 9.46. The first kappa shape index (κ1) is 12.3. The summed E-state index contributed by atoms with van der Waals surface area (Å²) in [6.07, 6.45) is 6.52. The molecule has 2 aliphatic rings. The van der Waals surface area contributed by atoms with E-state index < -0.39 is 5.91 Å². The van der Waals surface area contributed by atoms with Gasteiger partial charge in [-0.25, -0.2) is 0 Å². The number of hydrogen-bond donors (Lipinski definition) is 1. The fourth-order valence-electron chi connectivity index (χ4n) is 1.36. The zero-order chi connectivity index (χ0) is 13.1. The molecule has 0 aliphatic carbocycles. The minimum absolute atomic E-state index is 0.0133. The molecule has 2 heterocycles. The molecule has 2 aliphatic heterocycles. The Hall–Kier alpha value is -2.21. The van der Waals surface area contributed by atoms with Crippen molar-refractivity contribution < 1.29 is 4.79 Å². The van der Waals surface area contributed by atoms with Gasteiger partial charge >= 0.3 is 0 Å². The Balaban J connectivity index is 2.31. The Bertz CT molecular complexity index is 569. The molecule has 1 amide bonds. The molecule has 0 fully saturated rings. The van der Waals surface area contributed by atoms with Crippen molar-refractivity contribution in [2.75, 3.05) is 0 Å². The number of allylic oxidation sites excluding steroid dienone is 5. The van der Waals surface area contributed by atoms with Gasteiger partial charge in [0, 0.05) is 0 Å². The maximum atomic E-state index is 11.8. The summed E-state index contributed by atoms with van der Waals surface area (Å²) in [6, 6.07) is 0. The largest absolute Gasteiger partial charge is 0.283 e. The minimum atomic E-state index is -0.447. The third kappa shape index (κ3) is 2.23. The van der Waals surface area contributed by atoms with Crippen LogP contribution in [0, 0.1) is 5.41 Å². The highest BCUT2D eigenvalue weighted by Crippen LogP contribution is 2.24. The van der Waals surface area contributed by atoms with E-state index in [1.54, 1.807) is 18.2 Å². The van der Waals surface area contributed by atoms with Crippen LogP contribution in [0.3, 0.4) is 0 Å². The number of carbonyl (C=O) groups excluding carboxylic acids is 1. The number of rotatable bonds is 3. The van der Waals surface area contributed by atoms with Crippen molar-refractivity contribution in [2.24, 2.45) is 10.1 Å². The second-order valence-electron chi connectivity index (χ2n) is 3.43. The monoisotopic (exact) mass is 258 g/mol. The molecule has 18 heavy (non-hydrogen) atoms. The van der Waals surface area contributed by atoms with Crippen molar-refractivity contribution >= 4 is 34.2 Å². The fraction of sp³-hybridized carbons (Fsp3) is 0. The van der Waals surface area contributed by atoms with E-state index in [-0.39, 0.29) is 11.4 Å². The van der Waals surface area contributed by atoms with Crippen LogP contribution in [-0.4, -0.2) is 27.5 Å². The molecule has 6 heteroatoms. The average molecular weight is 258 g/mol. The van der Waals surface area contributed by atoms with Crippen LogP contribution >= 0.6 is 11.8 Å². The van der Waals surface area contributed by atoms with Gasteiger partial charge in [0.25, 0.3) is 5.91 Å². The van der Waals surface area contributed by atoms with Gasteiger partial charge in [0.2, 0.25) is 0 Å². The number of fused-ring (bicyclic) bond motifs is 1. The Morgan fingerprint density at radius 2 is 2.33 bits per heavy atom. The summed E-state index contributed by atoms with van der Waals surface area (Å²) in [5.41, 5.74) is 2.31. The zero-order valence-corrected chi connectivity index (χ0v) is 10.3. The van der Waals surface area contributed by atoms with Gasteiger partial charge in [-0.1, -0.05) is 31.4 Å². The number of aliphatic imine (C=N–C) groups is 1. The number of carbonyl (C=O) groups is 1. The smallest absolute Gasteiger partial charge is 0.282 e. The van der Waals surface area contributed by atoms with Gasteiger partial charge in [-0.3, -0.25) is 10.2 Å². The summed E-state index contributed by atoms with van der Waals surface area (Å²) in [6.45, 7) is 7.31. The molecule has 5 nitrogen and oxygen atoms in total. The van der Waals surface area contributed by atoms with Crippen LogP contribution in [0.25, 0.3) is 0 Å². The Morgan fingerprint density at radius 1 is 1.56 bits per heavy atom. The summed E-state index contributed by atoms with van der Waals surface area (Å²) in [4.78, 5) is 15.6. The maximum Gasteiger partial charge on any atom is 0.283 e. The number of amides is 1. The summed E-state index contributed by atoms with van der Waals surface area (Å²) in [7, 11) is 0. The quantitative estimate of drug-likeness (QED) is 0.622. The van der Waals surface area contributed by atoms with E-state index in [1.165, 1.54) is 28.4 Å². The highest BCUT2D eigenvalue weighted by molar-refractivity contribution is 8.25. The van der Waals surface area contributed by atoms with E-state index in [9.17, 15) is 4.79 Å². The van der Waals surface area contributed by atoms with Crippen molar-refractivity contribution in [3.05, 3.63) is 48.6 Å². The van der Waals surface area contributed by atoms with Gasteiger partial charge in [-0.05, 0) is 23.4 Å². The summed E-state index contributed by atoms with van der Waals surface area (Å²) in [5, 5.41) is 13.6. The first-order chi connectivity index (χ1) is 8.63. The molecule has 0 aromatic heterocycles. The van der Waals surface area contributed by atoms with Gasteiger partial charge < -0.3 is 0 Å². The SMILES string of the molecule is C=C/C=C\C(=C)/C=C1/C(=N)N2N=CSC2=NC1=O. The van der Waals surface area contributed by atoms with Crippen LogP contribution in [-0.2, 0) is 4.79 Å². The number of thioether (sulfide) groups is 1. The molecule has 0 aromatic carbocycles. The van der Waals surface area contributed by atoms with Gasteiger partial charge in [0.1, 0.15) is 0 Å². The Kier molecular flexibility index (Phi) is 3.38. The lowest BCUT2D eigenvalue weighted by Gasteiger charge is -2.20. The van der Waals surface area contributed by atoms with Crippen molar-refractivity contribution in [3.8, 4) is 0 Å². The molecule has 0 atom stereocenters. The number of hydrazone groups is 1. The molecule has 0 aromatic rings. The van der Waals surface area contributed by atoms with Gasteiger partial charge in [0.05, 0.1) is 11.1 Å². The second kappa shape index (κ2) is 4.97. The summed E-state index contributed by atoms with van der Waals surface area (Å²) >= 11 is 1.21. The third-order valence-corrected chi connectivity index (χ3v) is 2.85. The molecule has 0 spiro atoms. The summed E-state index contributed by atoms with van der Waals surface area (Å²) in [5.74, 6) is -0.434. The molecule has 0 saturated heterocycles. The van der Waals surface area contributed by atoms with E-state index in [0.717, 1.165) is 0 Å². The molecule has 90 valence electrons. The Labute approximate surface area is 108 Å². The molecule has 0 radical (unpaired) electrons. The number of amidine groups is 2. The molecular weight excluding hydrogens is 248 g/mol. The van der Waals surface area contributed by atoms with E-state index in [0.29, 0.717) is 10.7 Å². The lowest BCUT2D eigenvalue weighted by Crippen LogP contribution is -2.35. The first-order valence-electron chi connectivity index (χ1n) is 5.04. The van der Waals surface area contributed by atoms with Crippen molar-refractivity contribution in [1.82, 2.24) is 5.01 Å². The predicted molar refractivity (Wildman–Crippen MR) is 74.7 cm³/mol. The third-order valence-electron chi connectivity index (χ3n) is 2.17. The lowest BCUT2D eigenvalue weighted by atomic mass is 10.1. The number of nitrogens with zero attached hydrogens (tertiary/aromatic N) is 3. The molecule has 1 N–H and O–H groups in total. The normalized spacial score (nSPS) is 20.6. The number of nitrogens with one attached hydrogen (secondary N) is 1. The highest BCUT2D eigenvalue weighted by Gasteiger charge is 2.32. The van der Waals surface area contributed by atoms with Crippen LogP contribution in [0.15, 0.2) is 58.7 Å². The van der Waals surface area contributed by atoms with E-state index in [4.69, 9.17) is 5.41 Å². The molecule has 2 rings (SSSR count). The van der Waals surface area contributed by atoms with E-state index in [1.807, 2.05) is 0 Å². The molecule has 0 saturated carbocycles. The summed E-state index contributed by atoms with van der Waals surface area (Å²) < 4.78 is 0. The van der Waals surface area contributed by atoms with Gasteiger partial charge in [-0.15, -0.1) is 0 Å². The van der Waals surface area contributed by atoms with Crippen LogP contribution in [0.5, 0.6) is 0 Å². The minimum Gasteiger partial charge on any atom is -0.282 e. The standard InChI is InChI=1S/C12H10N4OS/c1-3-4-5-8(2)6-9-10(13)16-12(15-11(9)17)18-7-14-16/h3-7,13H,1-2H2/b5-4-,9-6-,13-10?.